The highest BCUT2D eigenvalue weighted by Gasteiger charge is 2.52. The van der Waals surface area contributed by atoms with E-state index in [0.717, 1.165) is 29.7 Å². The summed E-state index contributed by atoms with van der Waals surface area (Å²) in [7, 11) is 0. The van der Waals surface area contributed by atoms with Crippen LogP contribution in [0.5, 0.6) is 0 Å². The Hall–Kier alpha value is -2.08. The van der Waals surface area contributed by atoms with Crippen LogP contribution in [0.2, 0.25) is 5.02 Å². The molecule has 26 heavy (non-hydrogen) atoms. The molecule has 0 unspecified atom stereocenters. The molecule has 0 atom stereocenters. The molecule has 3 rings (SSSR count). The number of hydrogen-bond acceptors (Lipinski definition) is 3. The summed E-state index contributed by atoms with van der Waals surface area (Å²) in [4.78, 5) is 38.3. The molecule has 1 spiro atoms. The summed E-state index contributed by atoms with van der Waals surface area (Å²) in [5.74, 6) is -0.0249. The van der Waals surface area contributed by atoms with E-state index in [4.69, 9.17) is 11.6 Å². The van der Waals surface area contributed by atoms with Crippen LogP contribution in [0.1, 0.15) is 44.6 Å². The fraction of sp³-hybridized carbons (Fsp3) is 0.526. The summed E-state index contributed by atoms with van der Waals surface area (Å²) in [5.41, 5.74) is 0.0492. The summed E-state index contributed by atoms with van der Waals surface area (Å²) in [6, 6.07) is 6.70. The Morgan fingerprint density at radius 2 is 2.08 bits per heavy atom. The van der Waals surface area contributed by atoms with Crippen molar-refractivity contribution in [3.63, 3.8) is 0 Å². The van der Waals surface area contributed by atoms with Gasteiger partial charge in [-0.2, -0.15) is 0 Å². The molecule has 6 nitrogen and oxygen atoms in total. The standard InChI is InChI=1S/C19H24ClN3O3/c1-2-13-6-8-19(9-7-13)17(25)23(18(26)22-19)12-16(24)21-11-14-4-3-5-15(20)10-14/h3-5,10,13H,2,6-9,11-12H2,1H3,(H,21,24)(H,22,26). The van der Waals surface area contributed by atoms with Gasteiger partial charge in [0.15, 0.2) is 0 Å². The molecule has 2 N–H and O–H groups in total. The minimum absolute atomic E-state index is 0.260. The van der Waals surface area contributed by atoms with Crippen molar-refractivity contribution in [2.45, 2.75) is 51.1 Å². The Morgan fingerprint density at radius 1 is 1.35 bits per heavy atom. The van der Waals surface area contributed by atoms with E-state index in [9.17, 15) is 14.4 Å². The molecule has 140 valence electrons. The highest BCUT2D eigenvalue weighted by atomic mass is 35.5. The van der Waals surface area contributed by atoms with Crippen molar-refractivity contribution in [1.29, 1.82) is 0 Å². The lowest BCUT2D eigenvalue weighted by Crippen LogP contribution is -2.50. The minimum Gasteiger partial charge on any atom is -0.350 e. The first-order chi connectivity index (χ1) is 12.4. The van der Waals surface area contributed by atoms with Crippen LogP contribution >= 0.6 is 11.6 Å². The van der Waals surface area contributed by atoms with Crippen molar-refractivity contribution < 1.29 is 14.4 Å². The van der Waals surface area contributed by atoms with Crippen LogP contribution in [0, 0.1) is 5.92 Å². The molecular formula is C19H24ClN3O3. The topological polar surface area (TPSA) is 78.5 Å². The summed E-state index contributed by atoms with van der Waals surface area (Å²) in [6.45, 7) is 2.19. The quantitative estimate of drug-likeness (QED) is 0.774. The number of rotatable bonds is 5. The van der Waals surface area contributed by atoms with Gasteiger partial charge in [-0.25, -0.2) is 4.79 Å². The van der Waals surface area contributed by atoms with Gasteiger partial charge in [0.1, 0.15) is 12.1 Å². The molecule has 0 radical (unpaired) electrons. The molecule has 1 aliphatic heterocycles. The maximum absolute atomic E-state index is 12.8. The maximum Gasteiger partial charge on any atom is 0.325 e. The number of nitrogens with zero attached hydrogens (tertiary/aromatic N) is 1. The predicted molar refractivity (Wildman–Crippen MR) is 98.5 cm³/mol. The van der Waals surface area contributed by atoms with Gasteiger partial charge in [0.05, 0.1) is 0 Å². The van der Waals surface area contributed by atoms with E-state index >= 15 is 0 Å². The molecule has 1 aliphatic carbocycles. The zero-order valence-corrected chi connectivity index (χ0v) is 15.6. The SMILES string of the molecule is CCC1CCC2(CC1)NC(=O)N(CC(=O)NCc1cccc(Cl)c1)C2=O. The van der Waals surface area contributed by atoms with Crippen molar-refractivity contribution in [2.24, 2.45) is 5.92 Å². The van der Waals surface area contributed by atoms with Gasteiger partial charge < -0.3 is 10.6 Å². The second-order valence-corrected chi connectivity index (χ2v) is 7.60. The molecule has 2 fully saturated rings. The highest BCUT2D eigenvalue weighted by Crippen LogP contribution is 2.37. The van der Waals surface area contributed by atoms with E-state index in [1.54, 1.807) is 18.2 Å². The lowest BCUT2D eigenvalue weighted by molar-refractivity contribution is -0.136. The lowest BCUT2D eigenvalue weighted by atomic mass is 9.75. The van der Waals surface area contributed by atoms with Crippen LogP contribution in [0.4, 0.5) is 4.79 Å². The zero-order valence-electron chi connectivity index (χ0n) is 14.9. The Labute approximate surface area is 158 Å². The predicted octanol–water partition coefficient (Wildman–Crippen LogP) is 2.85. The molecule has 2 aliphatic rings. The number of amides is 4. The third kappa shape index (κ3) is 3.85. The molecule has 0 aromatic heterocycles. The van der Waals surface area contributed by atoms with E-state index in [-0.39, 0.29) is 18.4 Å². The van der Waals surface area contributed by atoms with E-state index in [0.29, 0.717) is 30.3 Å². The van der Waals surface area contributed by atoms with Crippen LogP contribution in [-0.2, 0) is 16.1 Å². The number of urea groups is 1. The van der Waals surface area contributed by atoms with E-state index in [1.807, 2.05) is 6.07 Å². The minimum atomic E-state index is -0.810. The van der Waals surface area contributed by atoms with Crippen molar-refractivity contribution in [3.05, 3.63) is 34.9 Å². The third-order valence-electron chi connectivity index (χ3n) is 5.46. The summed E-state index contributed by atoms with van der Waals surface area (Å²) < 4.78 is 0. The van der Waals surface area contributed by atoms with Gasteiger partial charge in [0, 0.05) is 11.6 Å². The fourth-order valence-corrected chi connectivity index (χ4v) is 4.00. The van der Waals surface area contributed by atoms with Gasteiger partial charge in [-0.3, -0.25) is 14.5 Å². The number of halogens is 1. The Kier molecular flexibility index (Phi) is 5.51. The summed E-state index contributed by atoms with van der Waals surface area (Å²) in [6.07, 6.45) is 4.25. The molecule has 4 amide bonds. The second-order valence-electron chi connectivity index (χ2n) is 7.16. The van der Waals surface area contributed by atoms with Gasteiger partial charge in [0.25, 0.3) is 5.91 Å². The Bertz CT molecular complexity index is 714. The van der Waals surface area contributed by atoms with Gasteiger partial charge in [0.2, 0.25) is 5.91 Å². The first-order valence-corrected chi connectivity index (χ1v) is 9.46. The first kappa shape index (κ1) is 18.7. The van der Waals surface area contributed by atoms with Gasteiger partial charge >= 0.3 is 6.03 Å². The summed E-state index contributed by atoms with van der Waals surface area (Å²) >= 11 is 5.92. The highest BCUT2D eigenvalue weighted by molar-refractivity contribution is 6.30. The van der Waals surface area contributed by atoms with Gasteiger partial charge in [-0.15, -0.1) is 0 Å². The smallest absolute Gasteiger partial charge is 0.325 e. The zero-order chi connectivity index (χ0) is 18.7. The largest absolute Gasteiger partial charge is 0.350 e. The molecule has 1 saturated heterocycles. The monoisotopic (exact) mass is 377 g/mol. The van der Waals surface area contributed by atoms with Gasteiger partial charge in [-0.1, -0.05) is 37.1 Å². The molecule has 1 aromatic carbocycles. The average Bonchev–Trinajstić information content (AvgIpc) is 2.85. The molecule has 1 aromatic rings. The van der Waals surface area contributed by atoms with Crippen LogP contribution in [0.25, 0.3) is 0 Å². The third-order valence-corrected chi connectivity index (χ3v) is 5.70. The Balaban J connectivity index is 1.57. The second kappa shape index (κ2) is 7.66. The number of carbonyl (C=O) groups is 3. The fourth-order valence-electron chi connectivity index (χ4n) is 3.78. The van der Waals surface area contributed by atoms with Crippen LogP contribution in [-0.4, -0.2) is 34.8 Å². The van der Waals surface area contributed by atoms with E-state index < -0.39 is 11.6 Å². The number of imide groups is 1. The molecule has 7 heteroatoms. The number of carbonyl (C=O) groups excluding carboxylic acids is 3. The molecule has 0 bridgehead atoms. The van der Waals surface area contributed by atoms with Crippen molar-refractivity contribution in [3.8, 4) is 0 Å². The summed E-state index contributed by atoms with van der Waals surface area (Å²) in [5, 5.41) is 6.16. The van der Waals surface area contributed by atoms with Crippen molar-refractivity contribution in [1.82, 2.24) is 15.5 Å². The van der Waals surface area contributed by atoms with Gasteiger partial charge in [-0.05, 0) is 49.3 Å². The van der Waals surface area contributed by atoms with Crippen LogP contribution in [0.15, 0.2) is 24.3 Å². The number of nitrogens with one attached hydrogen (secondary N) is 2. The van der Waals surface area contributed by atoms with Crippen LogP contribution < -0.4 is 10.6 Å². The maximum atomic E-state index is 12.8. The molecular weight excluding hydrogens is 354 g/mol. The van der Waals surface area contributed by atoms with E-state index in [1.165, 1.54) is 0 Å². The number of hydrogen-bond donors (Lipinski definition) is 2. The normalized spacial score (nSPS) is 25.5. The average molecular weight is 378 g/mol. The molecule has 1 saturated carbocycles. The Morgan fingerprint density at radius 3 is 2.73 bits per heavy atom. The van der Waals surface area contributed by atoms with E-state index in [2.05, 4.69) is 17.6 Å². The molecule has 1 heterocycles. The lowest BCUT2D eigenvalue weighted by Gasteiger charge is -2.34. The van der Waals surface area contributed by atoms with Crippen molar-refractivity contribution in [2.75, 3.05) is 6.54 Å². The first-order valence-electron chi connectivity index (χ1n) is 9.09. The number of benzene rings is 1. The van der Waals surface area contributed by atoms with Crippen LogP contribution in [0.3, 0.4) is 0 Å². The van der Waals surface area contributed by atoms with Crippen molar-refractivity contribution >= 4 is 29.4 Å².